The zero-order valence-electron chi connectivity index (χ0n) is 19.9. The summed E-state index contributed by atoms with van der Waals surface area (Å²) in [5, 5.41) is 0.627. The van der Waals surface area contributed by atoms with Crippen molar-refractivity contribution in [2.45, 2.75) is 25.8 Å². The van der Waals surface area contributed by atoms with Gasteiger partial charge in [-0.3, -0.25) is 4.79 Å². The second-order valence-corrected chi connectivity index (χ2v) is 8.74. The van der Waals surface area contributed by atoms with Crippen LogP contribution in [0.4, 0.5) is 10.2 Å². The Balaban J connectivity index is 1.69. The number of halogens is 1. The van der Waals surface area contributed by atoms with Crippen LogP contribution in [0.1, 0.15) is 34.5 Å². The van der Waals surface area contributed by atoms with Crippen molar-refractivity contribution < 1.29 is 9.18 Å². The van der Waals surface area contributed by atoms with Gasteiger partial charge in [0.1, 0.15) is 23.5 Å². The molecule has 0 saturated carbocycles. The van der Waals surface area contributed by atoms with Crippen molar-refractivity contribution in [1.29, 1.82) is 0 Å². The van der Waals surface area contributed by atoms with Crippen molar-refractivity contribution in [1.82, 2.24) is 24.4 Å². The van der Waals surface area contributed by atoms with Gasteiger partial charge in [0, 0.05) is 36.5 Å². The third-order valence-electron chi connectivity index (χ3n) is 6.78. The number of nitrogen functional groups attached to an aromatic ring is 1. The van der Waals surface area contributed by atoms with Crippen molar-refractivity contribution in [2.75, 3.05) is 12.3 Å². The maximum Gasteiger partial charge on any atom is 0.254 e. The summed E-state index contributed by atoms with van der Waals surface area (Å²) in [7, 11) is 1.82. The number of amides is 1. The Bertz CT molecular complexity index is 1610. The summed E-state index contributed by atoms with van der Waals surface area (Å²) >= 11 is 0. The minimum absolute atomic E-state index is 0.0501. The number of terminal acetylenes is 2. The minimum atomic E-state index is -0.556. The van der Waals surface area contributed by atoms with Gasteiger partial charge in [0.05, 0.1) is 17.1 Å². The number of likely N-dealkylation sites (tertiary alicyclic amines) is 1. The first-order chi connectivity index (χ1) is 17.4. The molecule has 0 spiro atoms. The van der Waals surface area contributed by atoms with E-state index in [2.05, 4.69) is 26.8 Å². The lowest BCUT2D eigenvalue weighted by Crippen LogP contribution is -2.34. The monoisotopic (exact) mass is 478 g/mol. The lowest BCUT2D eigenvalue weighted by atomic mass is 9.96. The normalized spacial score (nSPS) is 15.1. The average Bonchev–Trinajstić information content (AvgIpc) is 3.49. The van der Waals surface area contributed by atoms with Crippen LogP contribution in [0.3, 0.4) is 0 Å². The van der Waals surface area contributed by atoms with Gasteiger partial charge in [-0.2, -0.15) is 0 Å². The van der Waals surface area contributed by atoms with Gasteiger partial charge in [-0.25, -0.2) is 19.3 Å². The van der Waals surface area contributed by atoms with Crippen LogP contribution >= 0.6 is 0 Å². The number of aryl methyl sites for hydroxylation is 1. The summed E-state index contributed by atoms with van der Waals surface area (Å²) in [6, 6.07) is 7.02. The lowest BCUT2D eigenvalue weighted by molar-refractivity contribution is 0.0766. The number of anilines is 1. The molecule has 3 aromatic heterocycles. The quantitative estimate of drug-likeness (QED) is 0.451. The zero-order chi connectivity index (χ0) is 25.6. The van der Waals surface area contributed by atoms with Crippen LogP contribution in [-0.4, -0.2) is 42.9 Å². The van der Waals surface area contributed by atoms with Gasteiger partial charge in [-0.1, -0.05) is 18.1 Å². The highest BCUT2D eigenvalue weighted by Gasteiger charge is 2.29. The second-order valence-electron chi connectivity index (χ2n) is 8.74. The summed E-state index contributed by atoms with van der Waals surface area (Å²) in [5.74, 6) is 4.61. The summed E-state index contributed by atoms with van der Waals surface area (Å²) in [5.41, 5.74) is 10.4. The van der Waals surface area contributed by atoms with Gasteiger partial charge < -0.3 is 15.2 Å². The molecule has 178 valence electrons. The van der Waals surface area contributed by atoms with Crippen molar-refractivity contribution in [3.8, 4) is 47.1 Å². The fourth-order valence-corrected chi connectivity index (χ4v) is 4.92. The molecule has 1 amide bonds. The highest BCUT2D eigenvalue weighted by Crippen LogP contribution is 2.42. The molecule has 1 aliphatic heterocycles. The third kappa shape index (κ3) is 3.47. The van der Waals surface area contributed by atoms with E-state index in [9.17, 15) is 9.18 Å². The summed E-state index contributed by atoms with van der Waals surface area (Å²) in [4.78, 5) is 27.6. The van der Waals surface area contributed by atoms with E-state index in [4.69, 9.17) is 18.6 Å². The number of hydrogen-bond donors (Lipinski definition) is 1. The van der Waals surface area contributed by atoms with Gasteiger partial charge in [0.15, 0.2) is 5.82 Å². The molecule has 0 aliphatic carbocycles. The Morgan fingerprint density at radius 3 is 2.64 bits per heavy atom. The number of carbonyl (C=O) groups is 1. The lowest BCUT2D eigenvalue weighted by Gasteiger charge is -2.20. The smallest absolute Gasteiger partial charge is 0.254 e. The van der Waals surface area contributed by atoms with Gasteiger partial charge in [-0.05, 0) is 48.9 Å². The van der Waals surface area contributed by atoms with Gasteiger partial charge in [0.2, 0.25) is 0 Å². The highest BCUT2D eigenvalue weighted by atomic mass is 19.1. The van der Waals surface area contributed by atoms with Gasteiger partial charge in [0.25, 0.3) is 5.91 Å². The molecule has 0 radical (unpaired) electrons. The van der Waals surface area contributed by atoms with E-state index in [0.29, 0.717) is 45.5 Å². The van der Waals surface area contributed by atoms with E-state index in [1.54, 1.807) is 30.2 Å². The Morgan fingerprint density at radius 2 is 1.94 bits per heavy atom. The predicted molar refractivity (Wildman–Crippen MR) is 137 cm³/mol. The Kier molecular flexibility index (Phi) is 5.66. The highest BCUT2D eigenvalue weighted by molar-refractivity contribution is 6.08. The molecule has 5 rings (SSSR count). The molecule has 2 N–H and O–H groups in total. The van der Waals surface area contributed by atoms with Crippen molar-refractivity contribution in [2.24, 2.45) is 7.05 Å². The fraction of sp³-hybridized carbons (Fsp3) is 0.214. The Labute approximate surface area is 208 Å². The SMILES string of the molecule is C#Cc1ncc(-c2c(-c3ccc(C(=O)N4CCC[C@H]4C#C)cc3)c3c(N)ncnc3n2C)c(C)c1F. The second kappa shape index (κ2) is 8.83. The van der Waals surface area contributed by atoms with Gasteiger partial charge >= 0.3 is 0 Å². The van der Waals surface area contributed by atoms with Crippen molar-refractivity contribution in [3.63, 3.8) is 0 Å². The van der Waals surface area contributed by atoms with Crippen molar-refractivity contribution in [3.05, 3.63) is 59.4 Å². The average molecular weight is 479 g/mol. The standard InChI is InChI=1S/C28H23FN6O/c1-5-19-8-7-13-35(19)28(36)18-11-9-17(10-12-18)22-23-26(30)32-15-33-27(23)34(4)25(22)20-14-31-21(6-2)24(29)16(20)3/h1-2,9-12,14-15,19H,7-8,13H2,3-4H3,(H2,30,32,33)/t19-/m1/s1. The molecule has 7 nitrogen and oxygen atoms in total. The van der Waals surface area contributed by atoms with Crippen LogP contribution < -0.4 is 5.73 Å². The number of hydrogen-bond acceptors (Lipinski definition) is 5. The summed E-state index contributed by atoms with van der Waals surface area (Å²) in [6.45, 7) is 2.30. The molecule has 1 atom stereocenters. The van der Waals surface area contributed by atoms with Crippen LogP contribution in [0.25, 0.3) is 33.4 Å². The molecule has 1 aromatic carbocycles. The van der Waals surface area contributed by atoms with Gasteiger partial charge in [-0.15, -0.1) is 12.8 Å². The van der Waals surface area contributed by atoms with E-state index in [1.165, 1.54) is 6.33 Å². The molecule has 1 aliphatic rings. The molecule has 0 unspecified atom stereocenters. The largest absolute Gasteiger partial charge is 0.383 e. The zero-order valence-corrected chi connectivity index (χ0v) is 19.9. The number of fused-ring (bicyclic) bond motifs is 1. The van der Waals surface area contributed by atoms with Crippen LogP contribution in [0.5, 0.6) is 0 Å². The van der Waals surface area contributed by atoms with Crippen molar-refractivity contribution >= 4 is 22.8 Å². The molecule has 1 fully saturated rings. The van der Waals surface area contributed by atoms with Crippen LogP contribution in [0.2, 0.25) is 0 Å². The molecule has 1 saturated heterocycles. The number of nitrogens with zero attached hydrogens (tertiary/aromatic N) is 5. The van der Waals surface area contributed by atoms with Crippen LogP contribution in [-0.2, 0) is 7.05 Å². The summed E-state index contributed by atoms with van der Waals surface area (Å²) < 4.78 is 16.8. The van der Waals surface area contributed by atoms with E-state index < -0.39 is 5.82 Å². The fourth-order valence-electron chi connectivity index (χ4n) is 4.92. The number of benzene rings is 1. The van der Waals surface area contributed by atoms with E-state index in [1.807, 2.05) is 23.7 Å². The molecule has 36 heavy (non-hydrogen) atoms. The third-order valence-corrected chi connectivity index (χ3v) is 6.78. The first-order valence-corrected chi connectivity index (χ1v) is 11.5. The minimum Gasteiger partial charge on any atom is -0.383 e. The Morgan fingerprint density at radius 1 is 1.19 bits per heavy atom. The first-order valence-electron chi connectivity index (χ1n) is 11.5. The number of carbonyl (C=O) groups excluding carboxylic acids is 1. The maximum absolute atomic E-state index is 15.0. The molecule has 4 heterocycles. The number of aromatic nitrogens is 4. The number of nitrogens with two attached hydrogens (primary N) is 1. The van der Waals surface area contributed by atoms with Crippen LogP contribution in [0.15, 0.2) is 36.8 Å². The molecular weight excluding hydrogens is 455 g/mol. The van der Waals surface area contributed by atoms with E-state index in [-0.39, 0.29) is 23.5 Å². The predicted octanol–water partition coefficient (Wildman–Crippen LogP) is 3.95. The number of pyridine rings is 1. The number of rotatable bonds is 3. The topological polar surface area (TPSA) is 89.9 Å². The molecule has 0 bridgehead atoms. The maximum atomic E-state index is 15.0. The summed E-state index contributed by atoms with van der Waals surface area (Å²) in [6.07, 6.45) is 15.7. The first kappa shape index (κ1) is 23.1. The molecule has 4 aromatic rings. The van der Waals surface area contributed by atoms with Crippen LogP contribution in [0, 0.1) is 37.4 Å². The Hall–Kier alpha value is -4.69. The van der Waals surface area contributed by atoms with E-state index >= 15 is 0 Å². The molecular formula is C28H23FN6O. The molecule has 8 heteroatoms. The van der Waals surface area contributed by atoms with E-state index in [0.717, 1.165) is 18.4 Å².